The fourth-order valence-electron chi connectivity index (χ4n) is 5.98. The molecule has 142 valence electrons. The van der Waals surface area contributed by atoms with Crippen LogP contribution in [0.25, 0.3) is 11.1 Å². The Bertz CT molecular complexity index is 782. The van der Waals surface area contributed by atoms with Crippen molar-refractivity contribution in [1.29, 1.82) is 0 Å². The number of nitrogens with zero attached hydrogens (tertiary/aromatic N) is 2. The van der Waals surface area contributed by atoms with Gasteiger partial charge in [-0.2, -0.15) is 0 Å². The summed E-state index contributed by atoms with van der Waals surface area (Å²) >= 11 is 0. The molecule has 2 aromatic rings. The quantitative estimate of drug-likeness (QED) is 0.754. The molecular weight excluding hydrogens is 332 g/mol. The van der Waals surface area contributed by atoms with E-state index in [4.69, 9.17) is 4.74 Å². The van der Waals surface area contributed by atoms with Gasteiger partial charge in [-0.25, -0.2) is 0 Å². The summed E-state index contributed by atoms with van der Waals surface area (Å²) in [5.74, 6) is 3.69. The van der Waals surface area contributed by atoms with Crippen LogP contribution in [0.2, 0.25) is 0 Å². The van der Waals surface area contributed by atoms with Crippen molar-refractivity contribution in [2.45, 2.75) is 50.5 Å². The van der Waals surface area contributed by atoms with Gasteiger partial charge in [-0.05, 0) is 104 Å². The van der Waals surface area contributed by atoms with E-state index < -0.39 is 0 Å². The Balaban J connectivity index is 1.32. The molecule has 0 radical (unpaired) electrons. The molecule has 3 atom stereocenters. The normalized spacial score (nSPS) is 28.6. The van der Waals surface area contributed by atoms with Crippen LogP contribution in [0.4, 0.5) is 0 Å². The molecule has 3 heteroatoms. The number of methoxy groups -OCH3 is 1. The zero-order valence-electron chi connectivity index (χ0n) is 16.3. The monoisotopic (exact) mass is 362 g/mol. The van der Waals surface area contributed by atoms with Crippen molar-refractivity contribution in [3.8, 4) is 16.9 Å². The second-order valence-corrected chi connectivity index (χ2v) is 8.75. The summed E-state index contributed by atoms with van der Waals surface area (Å²) in [6.07, 6.45) is 12.2. The third-order valence-electron chi connectivity index (χ3n) is 7.38. The lowest BCUT2D eigenvalue weighted by molar-refractivity contribution is 0.110. The van der Waals surface area contributed by atoms with Crippen LogP contribution in [0.15, 0.2) is 42.7 Å². The van der Waals surface area contributed by atoms with E-state index in [1.165, 1.54) is 68.3 Å². The Morgan fingerprint density at radius 2 is 1.74 bits per heavy atom. The zero-order chi connectivity index (χ0) is 18.2. The van der Waals surface area contributed by atoms with E-state index >= 15 is 0 Å². The van der Waals surface area contributed by atoms with Crippen LogP contribution in [0.5, 0.6) is 5.75 Å². The van der Waals surface area contributed by atoms with Crippen molar-refractivity contribution < 1.29 is 4.74 Å². The zero-order valence-corrected chi connectivity index (χ0v) is 16.3. The van der Waals surface area contributed by atoms with E-state index in [0.29, 0.717) is 5.92 Å². The van der Waals surface area contributed by atoms with E-state index in [9.17, 15) is 0 Å². The number of hydrogen-bond acceptors (Lipinski definition) is 3. The Morgan fingerprint density at radius 1 is 0.926 bits per heavy atom. The molecule has 3 nitrogen and oxygen atoms in total. The minimum atomic E-state index is 0.608. The van der Waals surface area contributed by atoms with Crippen molar-refractivity contribution in [3.63, 3.8) is 0 Å². The van der Waals surface area contributed by atoms with Gasteiger partial charge < -0.3 is 9.64 Å². The van der Waals surface area contributed by atoms with Gasteiger partial charge >= 0.3 is 0 Å². The van der Waals surface area contributed by atoms with E-state index in [-0.39, 0.29) is 0 Å². The van der Waals surface area contributed by atoms with Crippen LogP contribution >= 0.6 is 0 Å². The molecule has 1 aromatic carbocycles. The highest BCUT2D eigenvalue weighted by Gasteiger charge is 2.43. The summed E-state index contributed by atoms with van der Waals surface area (Å²) < 4.78 is 5.73. The predicted octanol–water partition coefficient (Wildman–Crippen LogP) is 5.13. The molecule has 5 rings (SSSR count). The lowest BCUT2D eigenvalue weighted by atomic mass is 9.85. The predicted molar refractivity (Wildman–Crippen MR) is 109 cm³/mol. The smallest absolute Gasteiger partial charge is 0.122 e. The highest BCUT2D eigenvalue weighted by molar-refractivity contribution is 5.65. The van der Waals surface area contributed by atoms with Crippen LogP contribution in [0.3, 0.4) is 0 Å². The van der Waals surface area contributed by atoms with E-state index in [2.05, 4.69) is 40.2 Å². The number of pyridine rings is 1. The molecule has 0 unspecified atom stereocenters. The molecule has 3 fully saturated rings. The van der Waals surface area contributed by atoms with Gasteiger partial charge in [0.2, 0.25) is 0 Å². The van der Waals surface area contributed by atoms with E-state index in [1.54, 1.807) is 7.11 Å². The third-order valence-corrected chi connectivity index (χ3v) is 7.38. The highest BCUT2D eigenvalue weighted by Crippen LogP contribution is 2.48. The SMILES string of the molecule is COc1ccc(-c2ccncc2)cc1C1CCN([C@@H]2C[C@H]3CC[C@@H]2C3)CC1. The maximum absolute atomic E-state index is 5.73. The summed E-state index contributed by atoms with van der Waals surface area (Å²) in [6, 6.07) is 11.7. The van der Waals surface area contributed by atoms with Gasteiger partial charge in [-0.1, -0.05) is 12.5 Å². The molecule has 27 heavy (non-hydrogen) atoms. The van der Waals surface area contributed by atoms with Crippen LogP contribution in [-0.4, -0.2) is 36.1 Å². The van der Waals surface area contributed by atoms with Crippen molar-refractivity contribution in [2.75, 3.05) is 20.2 Å². The number of piperidine rings is 1. The van der Waals surface area contributed by atoms with Crippen molar-refractivity contribution in [1.82, 2.24) is 9.88 Å². The molecule has 1 aromatic heterocycles. The molecule has 0 spiro atoms. The second-order valence-electron chi connectivity index (χ2n) is 8.75. The number of benzene rings is 1. The molecule has 2 aliphatic carbocycles. The molecule has 3 aliphatic rings. The first-order valence-electron chi connectivity index (χ1n) is 10.6. The first-order valence-corrected chi connectivity index (χ1v) is 10.6. The summed E-state index contributed by atoms with van der Waals surface area (Å²) in [5.41, 5.74) is 3.89. The Morgan fingerprint density at radius 3 is 2.41 bits per heavy atom. The van der Waals surface area contributed by atoms with Gasteiger partial charge in [0, 0.05) is 18.4 Å². The van der Waals surface area contributed by atoms with E-state index in [1.807, 2.05) is 12.4 Å². The molecule has 2 saturated carbocycles. The largest absolute Gasteiger partial charge is 0.496 e. The standard InChI is InChI=1S/C24H30N2O/c1-27-24-5-4-20(18-6-10-25-11-7-18)16-22(24)19-8-12-26(13-9-19)23-15-17-2-3-21(23)14-17/h4-7,10-11,16-17,19,21,23H,2-3,8-9,12-15H2,1H3/t17-,21+,23+/m0/s1. The van der Waals surface area contributed by atoms with Crippen LogP contribution in [0.1, 0.15) is 50.0 Å². The van der Waals surface area contributed by atoms with Gasteiger partial charge in [0.15, 0.2) is 0 Å². The Labute approximate surface area is 162 Å². The average molecular weight is 363 g/mol. The number of likely N-dealkylation sites (tertiary alicyclic amines) is 1. The van der Waals surface area contributed by atoms with Gasteiger partial charge in [-0.15, -0.1) is 0 Å². The van der Waals surface area contributed by atoms with Crippen molar-refractivity contribution in [2.24, 2.45) is 11.8 Å². The number of hydrogen-bond donors (Lipinski definition) is 0. The maximum atomic E-state index is 5.73. The lowest BCUT2D eigenvalue weighted by Crippen LogP contribution is -2.43. The summed E-state index contributed by atoms with van der Waals surface area (Å²) in [5, 5.41) is 0. The Kier molecular flexibility index (Phi) is 4.65. The number of fused-ring (bicyclic) bond motifs is 2. The summed E-state index contributed by atoms with van der Waals surface area (Å²) in [4.78, 5) is 6.97. The molecule has 1 aliphatic heterocycles. The minimum absolute atomic E-state index is 0.608. The molecule has 2 heterocycles. The van der Waals surface area contributed by atoms with Gasteiger partial charge in [-0.3, -0.25) is 4.98 Å². The van der Waals surface area contributed by atoms with Crippen molar-refractivity contribution in [3.05, 3.63) is 48.3 Å². The van der Waals surface area contributed by atoms with Gasteiger partial charge in [0.25, 0.3) is 0 Å². The van der Waals surface area contributed by atoms with Crippen LogP contribution in [-0.2, 0) is 0 Å². The first-order chi connectivity index (χ1) is 13.3. The number of aromatic nitrogens is 1. The fraction of sp³-hybridized carbons (Fsp3) is 0.542. The molecule has 0 amide bonds. The topological polar surface area (TPSA) is 25.4 Å². The first kappa shape index (κ1) is 17.2. The maximum Gasteiger partial charge on any atom is 0.122 e. The Hall–Kier alpha value is -1.87. The summed E-state index contributed by atoms with van der Waals surface area (Å²) in [7, 11) is 1.80. The number of ether oxygens (including phenoxy) is 1. The molecule has 2 bridgehead atoms. The van der Waals surface area contributed by atoms with Crippen molar-refractivity contribution >= 4 is 0 Å². The highest BCUT2D eigenvalue weighted by atomic mass is 16.5. The van der Waals surface area contributed by atoms with Crippen LogP contribution in [0, 0.1) is 11.8 Å². The summed E-state index contributed by atoms with van der Waals surface area (Å²) in [6.45, 7) is 2.50. The van der Waals surface area contributed by atoms with Gasteiger partial charge in [0.1, 0.15) is 5.75 Å². The van der Waals surface area contributed by atoms with Crippen LogP contribution < -0.4 is 4.74 Å². The number of rotatable bonds is 4. The lowest BCUT2D eigenvalue weighted by Gasteiger charge is -2.40. The second kappa shape index (κ2) is 7.27. The third kappa shape index (κ3) is 3.27. The van der Waals surface area contributed by atoms with E-state index in [0.717, 1.165) is 23.6 Å². The molecule has 0 N–H and O–H groups in total. The van der Waals surface area contributed by atoms with Gasteiger partial charge in [0.05, 0.1) is 7.11 Å². The molecule has 1 saturated heterocycles. The minimum Gasteiger partial charge on any atom is -0.496 e. The fourth-order valence-corrected chi connectivity index (χ4v) is 5.98. The molecular formula is C24H30N2O. The average Bonchev–Trinajstić information content (AvgIpc) is 3.38.